The molecule has 3 nitrogen and oxygen atoms in total. The number of hydrogen-bond acceptors (Lipinski definition) is 3. The Labute approximate surface area is 92.4 Å². The molecule has 0 unspecified atom stereocenters. The molecule has 0 saturated heterocycles. The summed E-state index contributed by atoms with van der Waals surface area (Å²) in [4.78, 5) is 8.63. The molecule has 1 aromatic heterocycles. The summed E-state index contributed by atoms with van der Waals surface area (Å²) in [5.74, 6) is 0. The fraction of sp³-hybridized carbons (Fsp3) is 0.273. The van der Waals surface area contributed by atoms with Crippen LogP contribution in [0.25, 0.3) is 10.9 Å². The normalized spacial score (nSPS) is 11.1. The molecular weight excluding hydrogens is 210 g/mol. The smallest absolute Gasteiger partial charge is 0.107 e. The fourth-order valence-electron chi connectivity index (χ4n) is 1.69. The van der Waals surface area contributed by atoms with Crippen molar-refractivity contribution in [3.8, 4) is 0 Å². The predicted octanol–water partition coefficient (Wildman–Crippen LogP) is 3.19. The van der Waals surface area contributed by atoms with Crippen molar-refractivity contribution in [3.05, 3.63) is 29.5 Å². The van der Waals surface area contributed by atoms with Gasteiger partial charge in [-0.05, 0) is 36.4 Å². The van der Waals surface area contributed by atoms with Gasteiger partial charge in [0.25, 0.3) is 0 Å². The topological polar surface area (TPSA) is 45.2 Å². The second kappa shape index (κ2) is 4.26. The van der Waals surface area contributed by atoms with E-state index in [2.05, 4.69) is 22.0 Å². The fourth-order valence-corrected chi connectivity index (χ4v) is 2.26. The van der Waals surface area contributed by atoms with Crippen molar-refractivity contribution in [1.29, 1.82) is 0 Å². The molecule has 0 aliphatic heterocycles. The van der Waals surface area contributed by atoms with Crippen molar-refractivity contribution in [1.82, 2.24) is 4.98 Å². The summed E-state index contributed by atoms with van der Waals surface area (Å²) in [6.45, 7) is 2.24. The molecule has 2 N–H and O–H groups in total. The Kier molecular flexibility index (Phi) is 3.00. The van der Waals surface area contributed by atoms with Crippen molar-refractivity contribution in [2.24, 2.45) is 0 Å². The molecule has 0 spiro atoms. The minimum absolute atomic E-state index is 0.237. The number of thioether (sulfide) groups is 1. The molecule has 0 aliphatic rings. The van der Waals surface area contributed by atoms with E-state index in [9.17, 15) is 0 Å². The highest BCUT2D eigenvalue weighted by molar-refractivity contribution is 7.98. The molecule has 2 aromatic rings. The zero-order valence-electron chi connectivity index (χ0n) is 8.70. The molecule has 15 heavy (non-hydrogen) atoms. The van der Waals surface area contributed by atoms with Crippen molar-refractivity contribution < 1.29 is 10.1 Å². The molecule has 0 atom stereocenters. The van der Waals surface area contributed by atoms with Gasteiger partial charge in [0.15, 0.2) is 0 Å². The van der Waals surface area contributed by atoms with Gasteiger partial charge in [0.2, 0.25) is 0 Å². The number of hydrogen-bond donors (Lipinski definition) is 2. The lowest BCUT2D eigenvalue weighted by atomic mass is 10.1. The molecular formula is C11H13NO2S. The van der Waals surface area contributed by atoms with E-state index >= 15 is 0 Å². The zero-order chi connectivity index (χ0) is 10.8. The summed E-state index contributed by atoms with van der Waals surface area (Å²) in [6, 6.07) is 4.13. The van der Waals surface area contributed by atoms with E-state index in [1.807, 2.05) is 19.4 Å². The molecule has 0 aliphatic carbocycles. The van der Waals surface area contributed by atoms with Crippen LogP contribution in [0, 0.1) is 6.92 Å². The van der Waals surface area contributed by atoms with Crippen LogP contribution in [0.15, 0.2) is 23.2 Å². The highest BCUT2D eigenvalue weighted by Crippen LogP contribution is 2.28. The molecule has 2 rings (SSSR count). The minimum Gasteiger partial charge on any atom is -0.360 e. The minimum atomic E-state index is 0.237. The number of nitrogens with one attached hydrogen (secondary N) is 1. The third-order valence-electron chi connectivity index (χ3n) is 2.54. The van der Waals surface area contributed by atoms with Crippen LogP contribution in [0.4, 0.5) is 0 Å². The van der Waals surface area contributed by atoms with E-state index in [1.165, 1.54) is 10.3 Å². The van der Waals surface area contributed by atoms with E-state index in [-0.39, 0.29) is 6.61 Å². The second-order valence-corrected chi connectivity index (χ2v) is 4.30. The van der Waals surface area contributed by atoms with E-state index in [1.54, 1.807) is 11.8 Å². The van der Waals surface area contributed by atoms with E-state index < -0.39 is 0 Å². The third kappa shape index (κ3) is 1.88. The third-order valence-corrected chi connectivity index (χ3v) is 3.32. The van der Waals surface area contributed by atoms with E-state index in [0.29, 0.717) is 0 Å². The molecule has 0 saturated carbocycles. The van der Waals surface area contributed by atoms with Crippen LogP contribution >= 0.6 is 11.8 Å². The van der Waals surface area contributed by atoms with Gasteiger partial charge < -0.3 is 4.98 Å². The average molecular weight is 223 g/mol. The summed E-state index contributed by atoms with van der Waals surface area (Å²) in [6.07, 6.45) is 4.04. The summed E-state index contributed by atoms with van der Waals surface area (Å²) in [5, 5.41) is 9.66. The van der Waals surface area contributed by atoms with Gasteiger partial charge in [0.1, 0.15) is 6.61 Å². The number of aryl methyl sites for hydroxylation is 1. The van der Waals surface area contributed by atoms with Crippen molar-refractivity contribution >= 4 is 22.7 Å². The maximum atomic E-state index is 8.48. The monoisotopic (exact) mass is 223 g/mol. The predicted molar refractivity (Wildman–Crippen MR) is 62.2 cm³/mol. The largest absolute Gasteiger partial charge is 0.360 e. The first kappa shape index (κ1) is 10.5. The standard InChI is InChI=1S/C11H13NO2S/c1-7-3-10-9(4-8(7)6-14-13)11(15-2)5-12-10/h3-5,12-13H,6H2,1-2H3. The number of fused-ring (bicyclic) bond motifs is 1. The quantitative estimate of drug-likeness (QED) is 0.477. The van der Waals surface area contributed by atoms with Crippen LogP contribution in [0.2, 0.25) is 0 Å². The van der Waals surface area contributed by atoms with Gasteiger partial charge in [0, 0.05) is 22.0 Å². The van der Waals surface area contributed by atoms with Gasteiger partial charge in [0.05, 0.1) is 0 Å². The maximum Gasteiger partial charge on any atom is 0.107 e. The Morgan fingerprint density at radius 1 is 1.47 bits per heavy atom. The maximum absolute atomic E-state index is 8.48. The Morgan fingerprint density at radius 3 is 2.93 bits per heavy atom. The van der Waals surface area contributed by atoms with Crippen molar-refractivity contribution in [3.63, 3.8) is 0 Å². The summed E-state index contributed by atoms with van der Waals surface area (Å²) in [5.41, 5.74) is 3.25. The second-order valence-electron chi connectivity index (χ2n) is 3.45. The van der Waals surface area contributed by atoms with Crippen LogP contribution in [0.5, 0.6) is 0 Å². The molecule has 4 heteroatoms. The number of aromatic amines is 1. The lowest BCUT2D eigenvalue weighted by Gasteiger charge is -2.04. The van der Waals surface area contributed by atoms with E-state index in [4.69, 9.17) is 5.26 Å². The number of benzene rings is 1. The van der Waals surface area contributed by atoms with Crippen molar-refractivity contribution in [2.75, 3.05) is 6.26 Å². The Morgan fingerprint density at radius 2 is 2.27 bits per heavy atom. The van der Waals surface area contributed by atoms with Crippen LogP contribution < -0.4 is 0 Å². The molecule has 0 fully saturated rings. The Bertz CT molecular complexity index is 479. The first-order chi connectivity index (χ1) is 7.26. The van der Waals surface area contributed by atoms with Crippen LogP contribution in [0.3, 0.4) is 0 Å². The van der Waals surface area contributed by atoms with Crippen LogP contribution in [-0.4, -0.2) is 16.5 Å². The average Bonchev–Trinajstić information content (AvgIpc) is 2.61. The molecule has 80 valence electrons. The molecule has 0 radical (unpaired) electrons. The Balaban J connectivity index is 2.58. The molecule has 0 amide bonds. The van der Waals surface area contributed by atoms with Crippen LogP contribution in [-0.2, 0) is 11.5 Å². The van der Waals surface area contributed by atoms with Gasteiger partial charge >= 0.3 is 0 Å². The van der Waals surface area contributed by atoms with Gasteiger partial charge in [-0.25, -0.2) is 4.89 Å². The SMILES string of the molecule is CSc1c[nH]c2cc(C)c(COO)cc12. The lowest BCUT2D eigenvalue weighted by Crippen LogP contribution is -1.91. The van der Waals surface area contributed by atoms with Gasteiger partial charge in [-0.2, -0.15) is 0 Å². The van der Waals surface area contributed by atoms with Gasteiger partial charge in [-0.3, -0.25) is 5.26 Å². The first-order valence-corrected chi connectivity index (χ1v) is 5.89. The molecule has 1 heterocycles. The van der Waals surface area contributed by atoms with Gasteiger partial charge in [-0.1, -0.05) is 0 Å². The van der Waals surface area contributed by atoms with Gasteiger partial charge in [-0.15, -0.1) is 11.8 Å². The number of H-pyrrole nitrogens is 1. The summed E-state index contributed by atoms with van der Waals surface area (Å²) >= 11 is 1.70. The van der Waals surface area contributed by atoms with Crippen molar-refractivity contribution in [2.45, 2.75) is 18.4 Å². The van der Waals surface area contributed by atoms with Crippen LogP contribution in [0.1, 0.15) is 11.1 Å². The molecule has 1 aromatic carbocycles. The summed E-state index contributed by atoms with van der Waals surface area (Å²) in [7, 11) is 0. The Hall–Kier alpha value is -0.970. The van der Waals surface area contributed by atoms with E-state index in [0.717, 1.165) is 16.6 Å². The number of rotatable bonds is 3. The highest BCUT2D eigenvalue weighted by atomic mass is 32.2. The number of aromatic nitrogens is 1. The highest BCUT2D eigenvalue weighted by Gasteiger charge is 2.06. The summed E-state index contributed by atoms with van der Waals surface area (Å²) < 4.78 is 0. The zero-order valence-corrected chi connectivity index (χ0v) is 9.52. The first-order valence-electron chi connectivity index (χ1n) is 4.67. The lowest BCUT2D eigenvalue weighted by molar-refractivity contribution is -0.253. The molecule has 0 bridgehead atoms.